The van der Waals surface area contributed by atoms with Gasteiger partial charge in [0.15, 0.2) is 0 Å². The Labute approximate surface area is 84.5 Å². The number of nitrogens with zero attached hydrogens (tertiary/aromatic N) is 1. The lowest BCUT2D eigenvalue weighted by Gasteiger charge is -2.13. The molecule has 4 heteroatoms. The van der Waals surface area contributed by atoms with Crippen LogP contribution in [0.2, 0.25) is 0 Å². The van der Waals surface area contributed by atoms with E-state index in [2.05, 4.69) is 10.3 Å². The Bertz CT molecular complexity index is 278. The Kier molecular flexibility index (Phi) is 4.35. The number of hydrogen-bond acceptors (Lipinski definition) is 4. The van der Waals surface area contributed by atoms with E-state index in [1.165, 1.54) is 0 Å². The molecule has 0 radical (unpaired) electrons. The van der Waals surface area contributed by atoms with E-state index in [4.69, 9.17) is 10.5 Å². The van der Waals surface area contributed by atoms with Gasteiger partial charge in [-0.1, -0.05) is 0 Å². The number of hydrogen-bond donors (Lipinski definition) is 2. The molecule has 0 fully saturated rings. The second-order valence-corrected chi connectivity index (χ2v) is 3.16. The number of nitrogens with one attached hydrogen (secondary N) is 1. The summed E-state index contributed by atoms with van der Waals surface area (Å²) < 4.78 is 5.13. The average Bonchev–Trinajstić information content (AvgIpc) is 2.26. The van der Waals surface area contributed by atoms with Gasteiger partial charge in [-0.05, 0) is 18.6 Å². The highest BCUT2D eigenvalue weighted by Gasteiger charge is 2.02. The Morgan fingerprint density at radius 3 is 3.07 bits per heavy atom. The number of anilines is 1. The minimum absolute atomic E-state index is 0.181. The minimum Gasteiger partial charge on any atom is -0.381 e. The maximum Gasteiger partial charge on any atom is 0.0715 e. The van der Waals surface area contributed by atoms with Crippen molar-refractivity contribution in [2.45, 2.75) is 19.6 Å². The first-order chi connectivity index (χ1) is 6.77. The molecule has 3 N–H and O–H groups in total. The molecule has 1 aromatic rings. The normalized spacial score (nSPS) is 12.5. The molecule has 1 rings (SSSR count). The van der Waals surface area contributed by atoms with Crippen molar-refractivity contribution in [2.75, 3.05) is 19.0 Å². The quantitative estimate of drug-likeness (QED) is 0.735. The summed E-state index contributed by atoms with van der Waals surface area (Å²) in [6.07, 6.45) is 3.71. The Morgan fingerprint density at radius 1 is 1.64 bits per heavy atom. The maximum atomic E-state index is 5.59. The van der Waals surface area contributed by atoms with Gasteiger partial charge in [-0.3, -0.25) is 4.98 Å². The van der Waals surface area contributed by atoms with E-state index < -0.39 is 0 Å². The van der Waals surface area contributed by atoms with Crippen LogP contribution in [0.3, 0.4) is 0 Å². The highest BCUT2D eigenvalue weighted by Crippen LogP contribution is 2.12. The summed E-state index contributed by atoms with van der Waals surface area (Å²) >= 11 is 0. The van der Waals surface area contributed by atoms with Gasteiger partial charge in [0.2, 0.25) is 0 Å². The molecule has 4 nitrogen and oxygen atoms in total. The van der Waals surface area contributed by atoms with Crippen molar-refractivity contribution in [1.82, 2.24) is 4.98 Å². The van der Waals surface area contributed by atoms with Crippen molar-refractivity contribution in [3.05, 3.63) is 24.0 Å². The zero-order valence-electron chi connectivity index (χ0n) is 8.66. The monoisotopic (exact) mass is 195 g/mol. The zero-order valence-corrected chi connectivity index (χ0v) is 8.66. The SMILES string of the molecule is COC(C)CNc1cnccc1CN. The third kappa shape index (κ3) is 2.97. The van der Waals surface area contributed by atoms with Crippen LogP contribution in [0.1, 0.15) is 12.5 Å². The van der Waals surface area contributed by atoms with E-state index in [1.807, 2.05) is 13.0 Å². The van der Waals surface area contributed by atoms with E-state index in [0.29, 0.717) is 6.54 Å². The molecule has 0 amide bonds. The number of ether oxygens (including phenoxy) is 1. The molecule has 0 saturated carbocycles. The highest BCUT2D eigenvalue weighted by molar-refractivity contribution is 5.48. The average molecular weight is 195 g/mol. The van der Waals surface area contributed by atoms with Gasteiger partial charge in [-0.2, -0.15) is 0 Å². The topological polar surface area (TPSA) is 60.2 Å². The van der Waals surface area contributed by atoms with E-state index >= 15 is 0 Å². The predicted octanol–water partition coefficient (Wildman–Crippen LogP) is 0.987. The zero-order chi connectivity index (χ0) is 10.4. The standard InChI is InChI=1S/C10H17N3O/c1-8(14-2)6-13-10-7-12-4-3-9(10)5-11/h3-4,7-8,13H,5-6,11H2,1-2H3. The van der Waals surface area contributed by atoms with Gasteiger partial charge < -0.3 is 15.8 Å². The van der Waals surface area contributed by atoms with Gasteiger partial charge in [-0.15, -0.1) is 0 Å². The second-order valence-electron chi connectivity index (χ2n) is 3.16. The van der Waals surface area contributed by atoms with Crippen LogP contribution >= 0.6 is 0 Å². The fourth-order valence-corrected chi connectivity index (χ4v) is 1.10. The van der Waals surface area contributed by atoms with Gasteiger partial charge in [0.05, 0.1) is 18.0 Å². The molecule has 1 heterocycles. The van der Waals surface area contributed by atoms with Crippen LogP contribution in [-0.2, 0) is 11.3 Å². The van der Waals surface area contributed by atoms with Gasteiger partial charge in [-0.25, -0.2) is 0 Å². The van der Waals surface area contributed by atoms with Crippen molar-refractivity contribution in [1.29, 1.82) is 0 Å². The van der Waals surface area contributed by atoms with Crippen LogP contribution in [-0.4, -0.2) is 24.7 Å². The largest absolute Gasteiger partial charge is 0.381 e. The molecular weight excluding hydrogens is 178 g/mol. The van der Waals surface area contributed by atoms with Crippen molar-refractivity contribution in [3.63, 3.8) is 0 Å². The smallest absolute Gasteiger partial charge is 0.0715 e. The van der Waals surface area contributed by atoms with Crippen LogP contribution in [0.4, 0.5) is 5.69 Å². The van der Waals surface area contributed by atoms with Gasteiger partial charge in [0.1, 0.15) is 0 Å². The summed E-state index contributed by atoms with van der Waals surface area (Å²) in [4.78, 5) is 4.04. The number of methoxy groups -OCH3 is 1. The van der Waals surface area contributed by atoms with Crippen molar-refractivity contribution in [3.8, 4) is 0 Å². The summed E-state index contributed by atoms with van der Waals surface area (Å²) in [5.74, 6) is 0. The fraction of sp³-hybridized carbons (Fsp3) is 0.500. The molecule has 78 valence electrons. The molecular formula is C10H17N3O. The van der Waals surface area contributed by atoms with Gasteiger partial charge >= 0.3 is 0 Å². The molecule has 0 bridgehead atoms. The Hall–Kier alpha value is -1.13. The number of nitrogens with two attached hydrogens (primary N) is 1. The first-order valence-corrected chi connectivity index (χ1v) is 4.67. The van der Waals surface area contributed by atoms with E-state index in [-0.39, 0.29) is 6.10 Å². The van der Waals surface area contributed by atoms with Crippen LogP contribution in [0, 0.1) is 0 Å². The minimum atomic E-state index is 0.181. The summed E-state index contributed by atoms with van der Waals surface area (Å²) in [7, 11) is 1.69. The molecule has 0 aliphatic rings. The molecule has 0 aromatic carbocycles. The molecule has 1 unspecified atom stereocenters. The van der Waals surface area contributed by atoms with Gasteiger partial charge in [0.25, 0.3) is 0 Å². The Morgan fingerprint density at radius 2 is 2.43 bits per heavy atom. The molecule has 14 heavy (non-hydrogen) atoms. The number of aromatic nitrogens is 1. The fourth-order valence-electron chi connectivity index (χ4n) is 1.10. The third-order valence-electron chi connectivity index (χ3n) is 2.11. The maximum absolute atomic E-state index is 5.59. The van der Waals surface area contributed by atoms with E-state index in [0.717, 1.165) is 17.8 Å². The first-order valence-electron chi connectivity index (χ1n) is 4.67. The van der Waals surface area contributed by atoms with Crippen LogP contribution in [0.5, 0.6) is 0 Å². The summed E-state index contributed by atoms with van der Waals surface area (Å²) in [6, 6.07) is 1.92. The van der Waals surface area contributed by atoms with E-state index in [1.54, 1.807) is 19.5 Å². The van der Waals surface area contributed by atoms with Crippen LogP contribution in [0.25, 0.3) is 0 Å². The third-order valence-corrected chi connectivity index (χ3v) is 2.11. The number of rotatable bonds is 5. The van der Waals surface area contributed by atoms with E-state index in [9.17, 15) is 0 Å². The van der Waals surface area contributed by atoms with Gasteiger partial charge in [0, 0.05) is 26.4 Å². The summed E-state index contributed by atoms with van der Waals surface area (Å²) in [6.45, 7) is 3.28. The van der Waals surface area contributed by atoms with Crippen LogP contribution < -0.4 is 11.1 Å². The molecule has 1 atom stereocenters. The summed E-state index contributed by atoms with van der Waals surface area (Å²) in [5, 5.41) is 3.25. The Balaban J connectivity index is 2.57. The highest BCUT2D eigenvalue weighted by atomic mass is 16.5. The molecule has 0 saturated heterocycles. The van der Waals surface area contributed by atoms with Crippen molar-refractivity contribution >= 4 is 5.69 Å². The lowest BCUT2D eigenvalue weighted by atomic mass is 10.2. The summed E-state index contributed by atoms with van der Waals surface area (Å²) in [5.41, 5.74) is 7.65. The molecule has 0 aliphatic heterocycles. The van der Waals surface area contributed by atoms with Crippen LogP contribution in [0.15, 0.2) is 18.5 Å². The van der Waals surface area contributed by atoms with Crippen molar-refractivity contribution < 1.29 is 4.74 Å². The lowest BCUT2D eigenvalue weighted by molar-refractivity contribution is 0.129. The van der Waals surface area contributed by atoms with Crippen molar-refractivity contribution in [2.24, 2.45) is 5.73 Å². The number of pyridine rings is 1. The second kappa shape index (κ2) is 5.57. The molecule has 0 aliphatic carbocycles. The lowest BCUT2D eigenvalue weighted by Crippen LogP contribution is -2.19. The first kappa shape index (κ1) is 10.9. The predicted molar refractivity (Wildman–Crippen MR) is 57.1 cm³/mol. The molecule has 0 spiro atoms. The molecule has 1 aromatic heterocycles.